The number of Topliss-reactive ketones (excluding diaryl/α,β-unsaturated/α-hetero) is 1. The lowest BCUT2D eigenvalue weighted by Gasteiger charge is -1.90. The summed E-state index contributed by atoms with van der Waals surface area (Å²) in [6.07, 6.45) is 0.232. The second-order valence-electron chi connectivity index (χ2n) is 2.55. The van der Waals surface area contributed by atoms with Crippen LogP contribution in [0, 0.1) is 0 Å². The summed E-state index contributed by atoms with van der Waals surface area (Å²) >= 11 is 0. The van der Waals surface area contributed by atoms with E-state index >= 15 is 0 Å². The normalized spacial score (nSPS) is 10.3. The molecule has 14 heavy (non-hydrogen) atoms. The van der Waals surface area contributed by atoms with E-state index in [9.17, 15) is 4.79 Å². The summed E-state index contributed by atoms with van der Waals surface area (Å²) in [7, 11) is 0. The molecule has 0 saturated heterocycles. The lowest BCUT2D eigenvalue weighted by atomic mass is 10.2. The highest BCUT2D eigenvalue weighted by molar-refractivity contribution is 5.81. The minimum atomic E-state index is -0.0900. The molecule has 0 amide bonds. The van der Waals surface area contributed by atoms with Crippen molar-refractivity contribution in [2.75, 3.05) is 0 Å². The van der Waals surface area contributed by atoms with Crippen molar-refractivity contribution < 1.29 is 4.79 Å². The zero-order chi connectivity index (χ0) is 9.80. The second-order valence-corrected chi connectivity index (χ2v) is 2.55. The summed E-state index contributed by atoms with van der Waals surface area (Å²) in [6.45, 7) is 0. The maximum atomic E-state index is 11.3. The molecule has 0 radical (unpaired) electrons. The molecular formula is C5H6N8O. The Bertz CT molecular complexity index is 353. The average molecular weight is 194 g/mol. The summed E-state index contributed by atoms with van der Waals surface area (Å²) in [5, 5.41) is 25.8. The fourth-order valence-corrected chi connectivity index (χ4v) is 0.930. The predicted molar refractivity (Wildman–Crippen MR) is 40.8 cm³/mol. The van der Waals surface area contributed by atoms with E-state index in [1.54, 1.807) is 0 Å². The van der Waals surface area contributed by atoms with Crippen LogP contribution in [0.25, 0.3) is 0 Å². The lowest BCUT2D eigenvalue weighted by Crippen LogP contribution is -2.09. The number of carbonyl (C=O) groups is 1. The highest BCUT2D eigenvalue weighted by Crippen LogP contribution is 1.93. The van der Waals surface area contributed by atoms with Gasteiger partial charge in [0.15, 0.2) is 11.6 Å². The van der Waals surface area contributed by atoms with E-state index < -0.39 is 0 Å². The highest BCUT2D eigenvalue weighted by Gasteiger charge is 2.10. The molecule has 0 fully saturated rings. The fraction of sp³-hybridized carbons (Fsp3) is 0.400. The van der Waals surface area contributed by atoms with E-state index in [4.69, 9.17) is 0 Å². The molecule has 0 aliphatic carbocycles. The first-order valence-electron chi connectivity index (χ1n) is 3.81. The van der Waals surface area contributed by atoms with Crippen molar-refractivity contribution in [2.24, 2.45) is 0 Å². The average Bonchev–Trinajstić information content (AvgIpc) is 2.76. The van der Waals surface area contributed by atoms with Crippen LogP contribution >= 0.6 is 0 Å². The molecule has 2 heterocycles. The first-order chi connectivity index (χ1) is 6.84. The maximum absolute atomic E-state index is 11.3. The first kappa shape index (κ1) is 8.41. The topological polar surface area (TPSA) is 126 Å². The number of rotatable bonds is 4. The summed E-state index contributed by atoms with van der Waals surface area (Å²) in [5.74, 6) is 0.629. The Labute approximate surface area is 77.3 Å². The van der Waals surface area contributed by atoms with Crippen LogP contribution in [0.4, 0.5) is 0 Å². The molecular weight excluding hydrogens is 188 g/mol. The number of tetrazole rings is 2. The number of carbonyl (C=O) groups excluding carboxylic acids is 1. The minimum Gasteiger partial charge on any atom is -0.299 e. The van der Waals surface area contributed by atoms with Crippen LogP contribution in [-0.4, -0.2) is 47.0 Å². The zero-order valence-corrected chi connectivity index (χ0v) is 7.01. The molecule has 0 aliphatic rings. The molecule has 0 spiro atoms. The molecule has 0 atom stereocenters. The quantitative estimate of drug-likeness (QED) is 0.580. The molecule has 0 aromatic carbocycles. The summed E-state index contributed by atoms with van der Waals surface area (Å²) in [4.78, 5) is 11.3. The Balaban J connectivity index is 1.91. The van der Waals surface area contributed by atoms with E-state index in [1.807, 2.05) is 0 Å². The lowest BCUT2D eigenvalue weighted by molar-refractivity contribution is -0.118. The number of nitrogens with zero attached hydrogens (tertiary/aromatic N) is 6. The molecule has 2 rings (SSSR count). The van der Waals surface area contributed by atoms with Gasteiger partial charge < -0.3 is 0 Å². The fourth-order valence-electron chi connectivity index (χ4n) is 0.930. The summed E-state index contributed by atoms with van der Waals surface area (Å²) < 4.78 is 0. The second kappa shape index (κ2) is 3.68. The number of H-pyrrole nitrogens is 2. The number of aromatic amines is 2. The van der Waals surface area contributed by atoms with E-state index in [2.05, 4.69) is 41.2 Å². The third kappa shape index (κ3) is 1.94. The van der Waals surface area contributed by atoms with Gasteiger partial charge in [0.05, 0.1) is 12.8 Å². The standard InChI is InChI=1S/C5H6N8O/c14-3(1-4-6-10-11-7-4)2-5-8-12-13-9-5/h1-2H2,(H,6,7,10,11)(H,8,9,12,13). The first-order valence-corrected chi connectivity index (χ1v) is 3.81. The molecule has 2 aromatic heterocycles. The highest BCUT2D eigenvalue weighted by atomic mass is 16.1. The number of ketones is 1. The van der Waals surface area contributed by atoms with Crippen molar-refractivity contribution >= 4 is 5.78 Å². The van der Waals surface area contributed by atoms with E-state index in [1.165, 1.54) is 0 Å². The predicted octanol–water partition coefficient (Wildman–Crippen LogP) is -1.93. The van der Waals surface area contributed by atoms with E-state index in [-0.39, 0.29) is 18.6 Å². The zero-order valence-electron chi connectivity index (χ0n) is 7.01. The van der Waals surface area contributed by atoms with Crippen LogP contribution in [0.5, 0.6) is 0 Å². The molecule has 9 heteroatoms. The van der Waals surface area contributed by atoms with Crippen LogP contribution in [0.15, 0.2) is 0 Å². The van der Waals surface area contributed by atoms with Crippen LogP contribution in [0.2, 0.25) is 0 Å². The van der Waals surface area contributed by atoms with Crippen molar-refractivity contribution in [1.82, 2.24) is 41.2 Å². The van der Waals surface area contributed by atoms with Gasteiger partial charge in [-0.2, -0.15) is 10.4 Å². The smallest absolute Gasteiger partial charge is 0.181 e. The van der Waals surface area contributed by atoms with E-state index in [0.29, 0.717) is 11.6 Å². The van der Waals surface area contributed by atoms with Crippen LogP contribution in [-0.2, 0) is 17.6 Å². The van der Waals surface area contributed by atoms with Crippen molar-refractivity contribution in [2.45, 2.75) is 12.8 Å². The number of hydrogen-bond donors (Lipinski definition) is 2. The van der Waals surface area contributed by atoms with Gasteiger partial charge in [-0.15, -0.1) is 20.4 Å². The monoisotopic (exact) mass is 194 g/mol. The van der Waals surface area contributed by atoms with E-state index in [0.717, 1.165) is 0 Å². The Hall–Kier alpha value is -2.19. The van der Waals surface area contributed by atoms with Crippen molar-refractivity contribution in [1.29, 1.82) is 0 Å². The largest absolute Gasteiger partial charge is 0.299 e. The Kier molecular flexibility index (Phi) is 2.21. The van der Waals surface area contributed by atoms with Crippen LogP contribution in [0.3, 0.4) is 0 Å². The molecule has 2 N–H and O–H groups in total. The minimum absolute atomic E-state index is 0.0900. The van der Waals surface area contributed by atoms with Crippen LogP contribution in [0.1, 0.15) is 11.6 Å². The summed E-state index contributed by atoms with van der Waals surface area (Å²) in [5.41, 5.74) is 0. The molecule has 0 aliphatic heterocycles. The van der Waals surface area contributed by atoms with Gasteiger partial charge in [-0.1, -0.05) is 10.4 Å². The summed E-state index contributed by atoms with van der Waals surface area (Å²) in [6, 6.07) is 0. The molecule has 2 aromatic rings. The van der Waals surface area contributed by atoms with Gasteiger partial charge in [0.1, 0.15) is 5.78 Å². The van der Waals surface area contributed by atoms with Crippen LogP contribution < -0.4 is 0 Å². The Morgan fingerprint density at radius 3 is 1.86 bits per heavy atom. The van der Waals surface area contributed by atoms with Gasteiger partial charge in [-0.25, -0.2) is 0 Å². The van der Waals surface area contributed by atoms with Gasteiger partial charge in [-0.05, 0) is 0 Å². The molecule has 0 bridgehead atoms. The third-order valence-corrected chi connectivity index (χ3v) is 1.49. The van der Waals surface area contributed by atoms with Gasteiger partial charge >= 0.3 is 0 Å². The van der Waals surface area contributed by atoms with Gasteiger partial charge in [0.2, 0.25) is 0 Å². The van der Waals surface area contributed by atoms with Crippen molar-refractivity contribution in [3.63, 3.8) is 0 Å². The number of hydrogen-bond acceptors (Lipinski definition) is 7. The maximum Gasteiger partial charge on any atom is 0.181 e. The third-order valence-electron chi connectivity index (χ3n) is 1.49. The van der Waals surface area contributed by atoms with Crippen molar-refractivity contribution in [3.05, 3.63) is 11.6 Å². The van der Waals surface area contributed by atoms with Gasteiger partial charge in [0, 0.05) is 0 Å². The molecule has 0 saturated carbocycles. The van der Waals surface area contributed by atoms with Gasteiger partial charge in [-0.3, -0.25) is 4.79 Å². The SMILES string of the molecule is O=C(Cc1nn[nH]n1)Cc1nn[nH]n1. The molecule has 0 unspecified atom stereocenters. The Morgan fingerprint density at radius 2 is 1.50 bits per heavy atom. The number of nitrogens with one attached hydrogen (secondary N) is 2. The van der Waals surface area contributed by atoms with Gasteiger partial charge in [0.25, 0.3) is 0 Å². The van der Waals surface area contributed by atoms with Crippen molar-refractivity contribution in [3.8, 4) is 0 Å². The molecule has 72 valence electrons. The Morgan fingerprint density at radius 1 is 1.00 bits per heavy atom. The number of aromatic nitrogens is 8. The molecule has 9 nitrogen and oxygen atoms in total.